The third-order valence-electron chi connectivity index (χ3n) is 2.95. The Bertz CT molecular complexity index is 831. The predicted octanol–water partition coefficient (Wildman–Crippen LogP) is 1.93. The molecule has 0 fully saturated rings. The fourth-order valence-electron chi connectivity index (χ4n) is 1.40. The molecular formula is C13H12F8O9S. The van der Waals surface area contributed by atoms with Crippen LogP contribution in [0.1, 0.15) is 13.3 Å². The molecule has 18 heteroatoms. The highest BCUT2D eigenvalue weighted by Crippen LogP contribution is 2.39. The minimum Gasteiger partial charge on any atom is -0.453 e. The van der Waals surface area contributed by atoms with E-state index in [0.717, 1.165) is 0 Å². The summed E-state index contributed by atoms with van der Waals surface area (Å²) >= 11 is 0. The van der Waals surface area contributed by atoms with E-state index in [2.05, 4.69) is 20.8 Å². The van der Waals surface area contributed by atoms with Crippen LogP contribution in [0.2, 0.25) is 0 Å². The van der Waals surface area contributed by atoms with Gasteiger partial charge in [0.1, 0.15) is 12.2 Å². The van der Waals surface area contributed by atoms with Gasteiger partial charge in [-0.3, -0.25) is 9.35 Å². The zero-order valence-corrected chi connectivity index (χ0v) is 15.8. The number of esters is 2. The highest BCUT2D eigenvalue weighted by atomic mass is 32.2. The Labute approximate surface area is 167 Å². The molecule has 0 aromatic carbocycles. The van der Waals surface area contributed by atoms with Gasteiger partial charge in [-0.1, -0.05) is 6.58 Å². The van der Waals surface area contributed by atoms with Gasteiger partial charge in [-0.2, -0.15) is 43.5 Å². The first kappa shape index (κ1) is 28.7. The van der Waals surface area contributed by atoms with E-state index in [0.29, 0.717) is 6.92 Å². The molecule has 9 nitrogen and oxygen atoms in total. The molecule has 0 saturated carbocycles. The summed E-state index contributed by atoms with van der Waals surface area (Å²) in [6.07, 6.45) is -14.2. The Hall–Kier alpha value is -2.34. The van der Waals surface area contributed by atoms with E-state index in [4.69, 9.17) is 4.55 Å². The Morgan fingerprint density at radius 2 is 1.48 bits per heavy atom. The first-order chi connectivity index (χ1) is 13.6. The predicted molar refractivity (Wildman–Crippen MR) is 78.8 cm³/mol. The first-order valence-corrected chi connectivity index (χ1v) is 8.74. The van der Waals surface area contributed by atoms with Gasteiger partial charge in [-0.25, -0.2) is 9.59 Å². The summed E-state index contributed by atoms with van der Waals surface area (Å²) in [4.78, 5) is 34.0. The molecule has 0 aromatic rings. The summed E-state index contributed by atoms with van der Waals surface area (Å²) in [5.74, 6) is -12.0. The quantitative estimate of drug-likeness (QED) is 0.158. The average molecular weight is 496 g/mol. The standard InChI is InChI=1S/C13H12F8O9S/c1-6(22)5-28-9(24)11(13(19,20)21,30-8(23)7(2)12(16,17)18)29-4-3-10(14,15)31(25,26)27/h2-5H2,1H3,(H,25,26,27). The number of ketones is 1. The van der Waals surface area contributed by atoms with Gasteiger partial charge in [0.25, 0.3) is 0 Å². The van der Waals surface area contributed by atoms with Crippen molar-refractivity contribution in [2.24, 2.45) is 0 Å². The van der Waals surface area contributed by atoms with E-state index in [-0.39, 0.29) is 0 Å². The van der Waals surface area contributed by atoms with Crippen LogP contribution in [0.25, 0.3) is 0 Å². The van der Waals surface area contributed by atoms with Crippen LogP contribution >= 0.6 is 0 Å². The van der Waals surface area contributed by atoms with E-state index >= 15 is 0 Å². The molecule has 0 aliphatic rings. The highest BCUT2D eigenvalue weighted by Gasteiger charge is 2.68. The van der Waals surface area contributed by atoms with Crippen LogP contribution in [-0.4, -0.2) is 67.3 Å². The molecule has 0 radical (unpaired) electrons. The molecule has 1 unspecified atom stereocenters. The minimum atomic E-state index is -6.30. The van der Waals surface area contributed by atoms with Crippen molar-refractivity contribution in [3.63, 3.8) is 0 Å². The van der Waals surface area contributed by atoms with Crippen molar-refractivity contribution in [2.75, 3.05) is 13.2 Å². The van der Waals surface area contributed by atoms with Crippen molar-refractivity contribution < 1.29 is 76.7 Å². The third-order valence-corrected chi connectivity index (χ3v) is 3.91. The molecule has 180 valence electrons. The highest BCUT2D eigenvalue weighted by molar-refractivity contribution is 7.86. The topological polar surface area (TPSA) is 133 Å². The van der Waals surface area contributed by atoms with Crippen molar-refractivity contribution in [2.45, 2.75) is 36.7 Å². The summed E-state index contributed by atoms with van der Waals surface area (Å²) in [5.41, 5.74) is -2.58. The monoisotopic (exact) mass is 496 g/mol. The van der Waals surface area contributed by atoms with Gasteiger partial charge in [-0.15, -0.1) is 0 Å². The smallest absolute Gasteiger partial charge is 0.453 e. The van der Waals surface area contributed by atoms with Crippen LogP contribution in [0, 0.1) is 0 Å². The Morgan fingerprint density at radius 1 is 1.00 bits per heavy atom. The van der Waals surface area contributed by atoms with E-state index in [1.54, 1.807) is 0 Å². The molecule has 1 N–H and O–H groups in total. The maximum absolute atomic E-state index is 13.5. The molecule has 0 aliphatic carbocycles. The van der Waals surface area contributed by atoms with Crippen LogP contribution in [-0.2, 0) is 38.7 Å². The van der Waals surface area contributed by atoms with Gasteiger partial charge in [0.2, 0.25) is 0 Å². The summed E-state index contributed by atoms with van der Waals surface area (Å²) in [6, 6.07) is 0. The SMILES string of the molecule is C=C(C(=O)OC(OCCC(F)(F)S(=O)(=O)O)(C(=O)OCC(C)=O)C(F)(F)F)C(F)(F)F. The van der Waals surface area contributed by atoms with E-state index < -0.39 is 76.4 Å². The lowest BCUT2D eigenvalue weighted by atomic mass is 10.2. The maximum Gasteiger partial charge on any atom is 0.468 e. The van der Waals surface area contributed by atoms with Crippen LogP contribution < -0.4 is 0 Å². The number of carbonyl (C=O) groups excluding carboxylic acids is 3. The summed E-state index contributed by atoms with van der Waals surface area (Å²) in [7, 11) is -6.18. The molecule has 0 heterocycles. The fourth-order valence-corrected chi connectivity index (χ4v) is 1.74. The van der Waals surface area contributed by atoms with Crippen LogP contribution in [0.5, 0.6) is 0 Å². The second-order valence-corrected chi connectivity index (χ2v) is 7.02. The molecule has 0 spiro atoms. The molecular weight excluding hydrogens is 484 g/mol. The van der Waals surface area contributed by atoms with Crippen LogP contribution in [0.3, 0.4) is 0 Å². The lowest BCUT2D eigenvalue weighted by Gasteiger charge is -2.32. The van der Waals surface area contributed by atoms with Crippen LogP contribution in [0.4, 0.5) is 35.1 Å². The number of Topliss-reactive ketones (excluding diaryl/α,β-unsaturated/α-hetero) is 1. The lowest BCUT2D eigenvalue weighted by Crippen LogP contribution is -2.59. The van der Waals surface area contributed by atoms with Crippen molar-refractivity contribution >= 4 is 27.8 Å². The third kappa shape index (κ3) is 7.39. The van der Waals surface area contributed by atoms with Crippen molar-refractivity contribution in [1.29, 1.82) is 0 Å². The van der Waals surface area contributed by atoms with Gasteiger partial charge in [0, 0.05) is 0 Å². The first-order valence-electron chi connectivity index (χ1n) is 7.30. The zero-order valence-electron chi connectivity index (χ0n) is 15.0. The number of alkyl halides is 8. The molecule has 0 aromatic heterocycles. The average Bonchev–Trinajstić information content (AvgIpc) is 2.54. The van der Waals surface area contributed by atoms with Crippen LogP contribution in [0.15, 0.2) is 12.2 Å². The minimum absolute atomic E-state index is 0.688. The molecule has 0 saturated heterocycles. The van der Waals surface area contributed by atoms with Gasteiger partial charge >= 0.3 is 45.5 Å². The summed E-state index contributed by atoms with van der Waals surface area (Å²) in [6.45, 7) is -0.759. The summed E-state index contributed by atoms with van der Waals surface area (Å²) < 4.78 is 144. The second-order valence-electron chi connectivity index (χ2n) is 5.47. The van der Waals surface area contributed by atoms with Gasteiger partial charge in [0.05, 0.1) is 13.0 Å². The number of halogens is 8. The maximum atomic E-state index is 13.5. The number of ether oxygens (including phenoxy) is 3. The lowest BCUT2D eigenvalue weighted by molar-refractivity contribution is -0.356. The molecule has 0 amide bonds. The molecule has 0 rings (SSSR count). The number of hydrogen-bond donors (Lipinski definition) is 1. The van der Waals surface area contributed by atoms with E-state index in [1.165, 1.54) is 0 Å². The summed E-state index contributed by atoms with van der Waals surface area (Å²) in [5, 5.41) is -5.13. The van der Waals surface area contributed by atoms with Gasteiger partial charge in [-0.05, 0) is 6.92 Å². The normalized spacial score (nSPS) is 15.0. The largest absolute Gasteiger partial charge is 0.468 e. The molecule has 0 bridgehead atoms. The van der Waals surface area contributed by atoms with E-state index in [9.17, 15) is 57.9 Å². The Morgan fingerprint density at radius 3 is 1.84 bits per heavy atom. The van der Waals surface area contributed by atoms with Gasteiger partial charge in [0.15, 0.2) is 5.78 Å². The fraction of sp³-hybridized carbons (Fsp3) is 0.615. The van der Waals surface area contributed by atoms with Crippen molar-refractivity contribution in [3.05, 3.63) is 12.2 Å². The zero-order chi connectivity index (χ0) is 25.1. The number of hydrogen-bond acceptors (Lipinski definition) is 8. The Kier molecular flexibility index (Phi) is 8.72. The number of carbonyl (C=O) groups is 3. The number of rotatable bonds is 10. The second kappa shape index (κ2) is 9.43. The Balaban J connectivity index is 6.15. The molecule has 1 atom stereocenters. The van der Waals surface area contributed by atoms with E-state index in [1.807, 2.05) is 0 Å². The van der Waals surface area contributed by atoms with Gasteiger partial charge < -0.3 is 14.2 Å². The molecule has 31 heavy (non-hydrogen) atoms. The molecule has 0 aliphatic heterocycles. The van der Waals surface area contributed by atoms with Crippen molar-refractivity contribution in [3.8, 4) is 0 Å². The van der Waals surface area contributed by atoms with Crippen molar-refractivity contribution in [1.82, 2.24) is 0 Å².